The summed E-state index contributed by atoms with van der Waals surface area (Å²) < 4.78 is 23.3. The van der Waals surface area contributed by atoms with Crippen LogP contribution in [0, 0.1) is 13.8 Å². The number of ether oxygens (including phenoxy) is 1. The van der Waals surface area contributed by atoms with E-state index in [1.54, 1.807) is 14.0 Å². The zero-order valence-corrected chi connectivity index (χ0v) is 18.3. The van der Waals surface area contributed by atoms with E-state index >= 15 is 0 Å². The van der Waals surface area contributed by atoms with Crippen LogP contribution in [0.25, 0.3) is 11.5 Å². The number of carbonyl (C=O) groups is 1. The van der Waals surface area contributed by atoms with Gasteiger partial charge < -0.3 is 14.5 Å². The third-order valence-corrected chi connectivity index (χ3v) is 5.86. The molecule has 0 saturated carbocycles. The first-order chi connectivity index (χ1) is 14.4. The van der Waals surface area contributed by atoms with Crippen molar-refractivity contribution in [2.75, 3.05) is 19.4 Å². The Labute approximate surface area is 179 Å². The highest BCUT2D eigenvalue weighted by atomic mass is 32.2. The molecule has 0 radical (unpaired) electrons. The number of aryl methyl sites for hydroxylation is 2. The number of methoxy groups -OCH3 is 1. The largest absolute Gasteiger partial charge is 0.497 e. The summed E-state index contributed by atoms with van der Waals surface area (Å²) in [7, 11) is 0.263. The molecule has 0 bridgehead atoms. The summed E-state index contributed by atoms with van der Waals surface area (Å²) in [6.07, 6.45) is 0.699. The minimum atomic E-state index is -1.36. The fourth-order valence-electron chi connectivity index (χ4n) is 2.92. The molecule has 158 valence electrons. The van der Waals surface area contributed by atoms with Crippen molar-refractivity contribution in [2.45, 2.75) is 26.0 Å². The molecule has 30 heavy (non-hydrogen) atoms. The number of rotatable bonds is 9. The van der Waals surface area contributed by atoms with Gasteiger partial charge in [0.15, 0.2) is 0 Å². The number of amides is 1. The van der Waals surface area contributed by atoms with Crippen molar-refractivity contribution >= 4 is 16.7 Å². The second-order valence-corrected chi connectivity index (χ2v) is 8.52. The number of carbonyl (C=O) groups excluding carboxylic acids is 1. The van der Waals surface area contributed by atoms with Gasteiger partial charge >= 0.3 is 0 Å². The van der Waals surface area contributed by atoms with Gasteiger partial charge in [0.05, 0.1) is 18.6 Å². The highest BCUT2D eigenvalue weighted by Gasteiger charge is 2.16. The van der Waals surface area contributed by atoms with Gasteiger partial charge in [0.25, 0.3) is 0 Å². The normalized spacial score (nSPS) is 11.8. The van der Waals surface area contributed by atoms with E-state index < -0.39 is 10.8 Å². The summed E-state index contributed by atoms with van der Waals surface area (Å²) >= 11 is 0. The van der Waals surface area contributed by atoms with E-state index in [0.29, 0.717) is 30.3 Å². The molecule has 0 fully saturated rings. The van der Waals surface area contributed by atoms with Crippen molar-refractivity contribution in [3.63, 3.8) is 0 Å². The number of nitrogens with one attached hydrogen (secondary N) is 1. The standard InChI is InChI=1S/C23H26N2O4S/c1-16-4-8-19(9-5-16)23-25-21(17(2)29-23)14-30(27)15-22(26)24-13-12-18-6-10-20(28-3)11-7-18/h4-11H,12-15H2,1-3H3,(H,24,26). The molecule has 6 nitrogen and oxygen atoms in total. The van der Waals surface area contributed by atoms with Crippen molar-refractivity contribution in [2.24, 2.45) is 0 Å². The van der Waals surface area contributed by atoms with Crippen LogP contribution in [0.4, 0.5) is 0 Å². The Morgan fingerprint density at radius 3 is 2.47 bits per heavy atom. The molecule has 1 N–H and O–H groups in total. The summed E-state index contributed by atoms with van der Waals surface area (Å²) in [6, 6.07) is 15.6. The first-order valence-electron chi connectivity index (χ1n) is 9.72. The number of benzene rings is 2. The van der Waals surface area contributed by atoms with Gasteiger partial charge in [-0.15, -0.1) is 0 Å². The first kappa shape index (κ1) is 21.8. The van der Waals surface area contributed by atoms with Gasteiger partial charge in [-0.3, -0.25) is 9.00 Å². The van der Waals surface area contributed by atoms with Crippen LogP contribution in [-0.2, 0) is 27.8 Å². The van der Waals surface area contributed by atoms with E-state index in [1.807, 2.05) is 55.5 Å². The Morgan fingerprint density at radius 2 is 1.80 bits per heavy atom. The van der Waals surface area contributed by atoms with Crippen molar-refractivity contribution in [1.29, 1.82) is 0 Å². The monoisotopic (exact) mass is 426 g/mol. The molecule has 2 aromatic carbocycles. The molecule has 7 heteroatoms. The third-order valence-electron chi connectivity index (χ3n) is 4.68. The lowest BCUT2D eigenvalue weighted by atomic mass is 10.1. The molecule has 1 atom stereocenters. The third kappa shape index (κ3) is 6.03. The lowest BCUT2D eigenvalue weighted by Gasteiger charge is -2.06. The molecule has 0 aliphatic carbocycles. The van der Waals surface area contributed by atoms with E-state index in [0.717, 1.165) is 22.4 Å². The van der Waals surface area contributed by atoms with Crippen LogP contribution >= 0.6 is 0 Å². The van der Waals surface area contributed by atoms with Crippen LogP contribution in [0.5, 0.6) is 5.75 Å². The van der Waals surface area contributed by atoms with Crippen LogP contribution < -0.4 is 10.1 Å². The number of aromatic nitrogens is 1. The second-order valence-electron chi connectivity index (χ2n) is 7.06. The summed E-state index contributed by atoms with van der Waals surface area (Å²) in [5.41, 5.74) is 3.74. The summed E-state index contributed by atoms with van der Waals surface area (Å²) in [5, 5.41) is 2.82. The van der Waals surface area contributed by atoms with E-state index in [2.05, 4.69) is 10.3 Å². The van der Waals surface area contributed by atoms with E-state index in [9.17, 15) is 9.00 Å². The van der Waals surface area contributed by atoms with Gasteiger partial charge in [-0.2, -0.15) is 0 Å². The molecule has 1 heterocycles. The van der Waals surface area contributed by atoms with Crippen LogP contribution in [-0.4, -0.2) is 34.5 Å². The molecule has 3 aromatic rings. The van der Waals surface area contributed by atoms with E-state index in [1.165, 1.54) is 0 Å². The quantitative estimate of drug-likeness (QED) is 0.566. The predicted octanol–water partition coefficient (Wildman–Crippen LogP) is 3.57. The molecule has 1 unspecified atom stereocenters. The molecule has 0 aliphatic heterocycles. The summed E-state index contributed by atoms with van der Waals surface area (Å²) in [5.74, 6) is 1.82. The Kier molecular flexibility index (Phi) is 7.41. The number of oxazole rings is 1. The molecule has 0 saturated heterocycles. The second kappa shape index (κ2) is 10.2. The van der Waals surface area contributed by atoms with Crippen molar-refractivity contribution < 1.29 is 18.2 Å². The van der Waals surface area contributed by atoms with Crippen molar-refractivity contribution in [3.8, 4) is 17.2 Å². The highest BCUT2D eigenvalue weighted by Crippen LogP contribution is 2.23. The minimum absolute atomic E-state index is 0.0607. The fourth-order valence-corrected chi connectivity index (χ4v) is 3.99. The van der Waals surface area contributed by atoms with Crippen LogP contribution in [0.3, 0.4) is 0 Å². The van der Waals surface area contributed by atoms with Gasteiger partial charge in [-0.25, -0.2) is 4.98 Å². The molecule has 1 aromatic heterocycles. The molecule has 0 aliphatic rings. The maximum Gasteiger partial charge on any atom is 0.232 e. The number of hydrogen-bond donors (Lipinski definition) is 1. The topological polar surface area (TPSA) is 81.4 Å². The Hall–Kier alpha value is -2.93. The predicted molar refractivity (Wildman–Crippen MR) is 118 cm³/mol. The van der Waals surface area contributed by atoms with Gasteiger partial charge in [0, 0.05) is 22.9 Å². The maximum absolute atomic E-state index is 12.4. The smallest absolute Gasteiger partial charge is 0.232 e. The van der Waals surface area contributed by atoms with E-state index in [4.69, 9.17) is 9.15 Å². The van der Waals surface area contributed by atoms with Gasteiger partial charge in [-0.05, 0) is 50.1 Å². The maximum atomic E-state index is 12.4. The summed E-state index contributed by atoms with van der Waals surface area (Å²) in [4.78, 5) is 16.6. The zero-order valence-electron chi connectivity index (χ0n) is 17.4. The van der Waals surface area contributed by atoms with Crippen LogP contribution in [0.15, 0.2) is 52.9 Å². The molecule has 3 rings (SSSR count). The molecule has 0 spiro atoms. The first-order valence-corrected chi connectivity index (χ1v) is 11.2. The minimum Gasteiger partial charge on any atom is -0.497 e. The number of nitrogens with zero attached hydrogens (tertiary/aromatic N) is 1. The fraction of sp³-hybridized carbons (Fsp3) is 0.304. The van der Waals surface area contributed by atoms with Gasteiger partial charge in [0.1, 0.15) is 17.3 Å². The molecule has 1 amide bonds. The lowest BCUT2D eigenvalue weighted by Crippen LogP contribution is -2.30. The van der Waals surface area contributed by atoms with Crippen molar-refractivity contribution in [1.82, 2.24) is 10.3 Å². The number of hydrogen-bond acceptors (Lipinski definition) is 5. The zero-order chi connectivity index (χ0) is 21.5. The average Bonchev–Trinajstić information content (AvgIpc) is 3.09. The van der Waals surface area contributed by atoms with Crippen molar-refractivity contribution in [3.05, 3.63) is 71.1 Å². The van der Waals surface area contributed by atoms with E-state index in [-0.39, 0.29) is 17.4 Å². The highest BCUT2D eigenvalue weighted by molar-refractivity contribution is 7.84. The lowest BCUT2D eigenvalue weighted by molar-refractivity contribution is -0.118. The van der Waals surface area contributed by atoms with Crippen LogP contribution in [0.2, 0.25) is 0 Å². The van der Waals surface area contributed by atoms with Gasteiger partial charge in [-0.1, -0.05) is 29.8 Å². The molecular weight excluding hydrogens is 400 g/mol. The van der Waals surface area contributed by atoms with Gasteiger partial charge in [0.2, 0.25) is 11.8 Å². The van der Waals surface area contributed by atoms with Crippen LogP contribution in [0.1, 0.15) is 22.6 Å². The Bertz CT molecular complexity index is 1010. The summed E-state index contributed by atoms with van der Waals surface area (Å²) in [6.45, 7) is 4.30. The average molecular weight is 427 g/mol. The Morgan fingerprint density at radius 1 is 1.10 bits per heavy atom. The molecular formula is C23H26N2O4S. The Balaban J connectivity index is 1.47. The SMILES string of the molecule is COc1ccc(CCNC(=O)CS(=O)Cc2nc(-c3ccc(C)cc3)oc2C)cc1.